The second-order valence-corrected chi connectivity index (χ2v) is 10.8. The van der Waals surface area contributed by atoms with Gasteiger partial charge in [-0.25, -0.2) is 8.42 Å². The summed E-state index contributed by atoms with van der Waals surface area (Å²) in [7, 11) is -0.0296. The molecule has 2 heterocycles. The first-order valence-corrected chi connectivity index (χ1v) is 12.6. The van der Waals surface area contributed by atoms with Crippen molar-refractivity contribution in [2.24, 2.45) is 4.99 Å². The number of amidine groups is 1. The quantitative estimate of drug-likeness (QED) is 0.655. The first-order chi connectivity index (χ1) is 14.9. The highest BCUT2D eigenvalue weighted by atomic mass is 32.2. The molecule has 2 aromatic rings. The number of hydrogen-bond acceptors (Lipinski definition) is 6. The summed E-state index contributed by atoms with van der Waals surface area (Å²) >= 11 is 1.35. The third-order valence-corrected chi connectivity index (χ3v) is 8.61. The lowest BCUT2D eigenvalue weighted by atomic mass is 10.1. The van der Waals surface area contributed by atoms with Crippen molar-refractivity contribution in [3.05, 3.63) is 54.1 Å². The molecule has 0 radical (unpaired) electrons. The zero-order valence-corrected chi connectivity index (χ0v) is 19.0. The summed E-state index contributed by atoms with van der Waals surface area (Å²) < 4.78 is 35.3. The number of sulfone groups is 1. The Balaban J connectivity index is 1.63. The molecule has 4 rings (SSSR count). The smallest absolute Gasteiger partial charge is 0.248 e. The predicted molar refractivity (Wildman–Crippen MR) is 123 cm³/mol. The third kappa shape index (κ3) is 4.72. The van der Waals surface area contributed by atoms with Crippen molar-refractivity contribution < 1.29 is 22.7 Å². The van der Waals surface area contributed by atoms with Crippen molar-refractivity contribution in [2.45, 2.75) is 24.1 Å². The minimum absolute atomic E-state index is 0.0249. The van der Waals surface area contributed by atoms with E-state index in [4.69, 9.17) is 9.47 Å². The van der Waals surface area contributed by atoms with Gasteiger partial charge in [-0.15, -0.1) is 0 Å². The Labute approximate surface area is 186 Å². The minimum atomic E-state index is -3.14. The molecule has 2 saturated heterocycles. The molecule has 0 saturated carbocycles. The fourth-order valence-electron chi connectivity index (χ4n) is 3.89. The van der Waals surface area contributed by atoms with Crippen LogP contribution < -0.4 is 14.4 Å². The van der Waals surface area contributed by atoms with E-state index in [2.05, 4.69) is 4.99 Å². The molecule has 2 aromatic carbocycles. The molecule has 2 aliphatic rings. The van der Waals surface area contributed by atoms with Crippen molar-refractivity contribution >= 4 is 38.4 Å². The maximum absolute atomic E-state index is 12.7. The summed E-state index contributed by atoms with van der Waals surface area (Å²) in [4.78, 5) is 18.9. The molecule has 2 fully saturated rings. The van der Waals surface area contributed by atoms with Gasteiger partial charge in [-0.3, -0.25) is 4.79 Å². The normalized spacial score (nSPS) is 23.0. The molecule has 0 N–H and O–H groups in total. The molecule has 2 atom stereocenters. The minimum Gasteiger partial charge on any atom is -0.497 e. The van der Waals surface area contributed by atoms with Crippen LogP contribution in [-0.4, -0.2) is 56.5 Å². The van der Waals surface area contributed by atoms with Crippen molar-refractivity contribution in [3.8, 4) is 11.5 Å². The topological polar surface area (TPSA) is 85.3 Å². The maximum Gasteiger partial charge on any atom is 0.248 e. The van der Waals surface area contributed by atoms with Crippen LogP contribution in [0, 0.1) is 0 Å². The number of nitrogens with zero attached hydrogens (tertiary/aromatic N) is 2. The molecule has 9 heteroatoms. The second-order valence-electron chi connectivity index (χ2n) is 7.48. The van der Waals surface area contributed by atoms with Crippen molar-refractivity contribution in [1.82, 2.24) is 0 Å². The maximum atomic E-state index is 12.7. The van der Waals surface area contributed by atoms with E-state index in [-0.39, 0.29) is 35.1 Å². The van der Waals surface area contributed by atoms with Crippen LogP contribution in [0.5, 0.6) is 11.5 Å². The number of aliphatic imine (C=N–C) groups is 1. The zero-order chi connectivity index (χ0) is 22.0. The summed E-state index contributed by atoms with van der Waals surface area (Å²) in [5.41, 5.74) is 1.75. The summed E-state index contributed by atoms with van der Waals surface area (Å²) in [5.74, 6) is 1.03. The number of benzene rings is 2. The lowest BCUT2D eigenvalue weighted by Gasteiger charge is -2.26. The summed E-state index contributed by atoms with van der Waals surface area (Å²) in [6.07, 6.45) is 0.892. The Morgan fingerprint density at radius 1 is 1.13 bits per heavy atom. The molecule has 164 valence electrons. The molecule has 0 bridgehead atoms. The highest BCUT2D eigenvalue weighted by Gasteiger charge is 2.50. The number of fused-ring (bicyclic) bond motifs is 1. The first-order valence-electron chi connectivity index (χ1n) is 9.94. The number of methoxy groups -OCH3 is 2. The van der Waals surface area contributed by atoms with E-state index in [1.54, 1.807) is 26.4 Å². The van der Waals surface area contributed by atoms with Gasteiger partial charge in [0.05, 0.1) is 37.5 Å². The summed E-state index contributed by atoms with van der Waals surface area (Å²) in [6, 6.07) is 14.8. The highest BCUT2D eigenvalue weighted by molar-refractivity contribution is 8.16. The van der Waals surface area contributed by atoms with Crippen LogP contribution in [0.3, 0.4) is 0 Å². The third-order valence-electron chi connectivity index (χ3n) is 5.40. The summed E-state index contributed by atoms with van der Waals surface area (Å²) in [5, 5.41) is 0.351. The first kappa shape index (κ1) is 21.7. The van der Waals surface area contributed by atoms with Gasteiger partial charge in [-0.05, 0) is 24.1 Å². The van der Waals surface area contributed by atoms with Gasteiger partial charge < -0.3 is 14.4 Å². The molecule has 2 aliphatic heterocycles. The monoisotopic (exact) mass is 460 g/mol. The van der Waals surface area contributed by atoms with Gasteiger partial charge in [0.2, 0.25) is 5.91 Å². The van der Waals surface area contributed by atoms with E-state index in [1.807, 2.05) is 41.3 Å². The van der Waals surface area contributed by atoms with Crippen LogP contribution >= 0.6 is 11.8 Å². The number of carbonyl (C=O) groups is 1. The molecule has 0 spiro atoms. The largest absolute Gasteiger partial charge is 0.497 e. The van der Waals surface area contributed by atoms with E-state index in [0.29, 0.717) is 28.8 Å². The molecule has 0 unspecified atom stereocenters. The molecule has 31 heavy (non-hydrogen) atoms. The summed E-state index contributed by atoms with van der Waals surface area (Å²) in [6.45, 7) is 0. The van der Waals surface area contributed by atoms with Crippen LogP contribution in [-0.2, 0) is 21.1 Å². The number of carbonyl (C=O) groups excluding carboxylic acids is 1. The van der Waals surface area contributed by atoms with E-state index in [1.165, 1.54) is 11.8 Å². The number of thioether (sulfide) groups is 1. The van der Waals surface area contributed by atoms with Gasteiger partial charge in [0, 0.05) is 17.7 Å². The van der Waals surface area contributed by atoms with Gasteiger partial charge in [-0.2, -0.15) is 4.99 Å². The number of aryl methyl sites for hydroxylation is 1. The van der Waals surface area contributed by atoms with E-state index in [0.717, 1.165) is 5.56 Å². The lowest BCUT2D eigenvalue weighted by Crippen LogP contribution is -2.38. The van der Waals surface area contributed by atoms with E-state index in [9.17, 15) is 13.2 Å². The van der Waals surface area contributed by atoms with Gasteiger partial charge >= 0.3 is 0 Å². The van der Waals surface area contributed by atoms with Gasteiger partial charge in [-0.1, -0.05) is 42.1 Å². The molecular formula is C22H24N2O5S2. The average molecular weight is 461 g/mol. The Hall–Kier alpha value is -2.52. The lowest BCUT2D eigenvalue weighted by molar-refractivity contribution is -0.117. The highest BCUT2D eigenvalue weighted by Crippen LogP contribution is 2.44. The number of amides is 1. The number of ether oxygens (including phenoxy) is 2. The molecule has 0 aromatic heterocycles. The Bertz CT molecular complexity index is 1100. The molecular weight excluding hydrogens is 436 g/mol. The van der Waals surface area contributed by atoms with Crippen molar-refractivity contribution in [2.75, 3.05) is 30.6 Å². The zero-order valence-electron chi connectivity index (χ0n) is 17.4. The van der Waals surface area contributed by atoms with Crippen LogP contribution in [0.2, 0.25) is 0 Å². The predicted octanol–water partition coefficient (Wildman–Crippen LogP) is 2.94. The van der Waals surface area contributed by atoms with Crippen LogP contribution in [0.15, 0.2) is 53.5 Å². The Morgan fingerprint density at radius 3 is 2.61 bits per heavy atom. The average Bonchev–Trinajstić information content (AvgIpc) is 3.23. The standard InChI is InChI=1S/C22H24N2O5S2/c1-28-16-9-10-17(19(12-16)29-2)24-18-13-31(26,27)14-20(18)30-22(24)23-21(25)11-8-15-6-4-3-5-7-15/h3-7,9-10,12,18,20H,8,11,13-14H2,1-2H3/t18-,20+/m1/s1. The molecule has 0 aliphatic carbocycles. The van der Waals surface area contributed by atoms with Gasteiger partial charge in [0.15, 0.2) is 15.0 Å². The van der Waals surface area contributed by atoms with Gasteiger partial charge in [0.1, 0.15) is 11.5 Å². The fourth-order valence-corrected chi connectivity index (χ4v) is 7.81. The van der Waals surface area contributed by atoms with Crippen molar-refractivity contribution in [3.63, 3.8) is 0 Å². The van der Waals surface area contributed by atoms with Gasteiger partial charge in [0.25, 0.3) is 0 Å². The number of rotatable bonds is 6. The molecule has 7 nitrogen and oxygen atoms in total. The van der Waals surface area contributed by atoms with Crippen LogP contribution in [0.25, 0.3) is 0 Å². The molecule has 1 amide bonds. The van der Waals surface area contributed by atoms with Crippen molar-refractivity contribution in [1.29, 1.82) is 0 Å². The van der Waals surface area contributed by atoms with Crippen LogP contribution in [0.1, 0.15) is 12.0 Å². The fraction of sp³-hybridized carbons (Fsp3) is 0.364. The number of hydrogen-bond donors (Lipinski definition) is 0. The Kier molecular flexibility index (Phi) is 6.24. The number of anilines is 1. The van der Waals surface area contributed by atoms with E-state index < -0.39 is 9.84 Å². The van der Waals surface area contributed by atoms with E-state index >= 15 is 0 Å². The second kappa shape index (κ2) is 8.92. The SMILES string of the molecule is COc1ccc(N2C(=NC(=O)CCc3ccccc3)S[C@H]3CS(=O)(=O)C[C@H]32)c(OC)c1. The Morgan fingerprint density at radius 2 is 1.90 bits per heavy atom. The van der Waals surface area contributed by atoms with Crippen LogP contribution in [0.4, 0.5) is 5.69 Å².